The molecule has 0 unspecified atom stereocenters. The van der Waals surface area contributed by atoms with Gasteiger partial charge in [0.2, 0.25) is 15.7 Å². The summed E-state index contributed by atoms with van der Waals surface area (Å²) in [6.45, 7) is 12.4. The van der Waals surface area contributed by atoms with Crippen molar-refractivity contribution < 1.29 is 27.6 Å². The van der Waals surface area contributed by atoms with Gasteiger partial charge in [0.05, 0.1) is 39.5 Å². The maximum absolute atomic E-state index is 14.3. The molecule has 8 rings (SSSR count). The molecular formula is C41H50N6O7S. The number of carbonyl (C=O) groups is 1. The van der Waals surface area contributed by atoms with E-state index in [-0.39, 0.29) is 44.9 Å². The third-order valence-corrected chi connectivity index (χ3v) is 14.3. The minimum absolute atomic E-state index is 0.0724. The molecule has 4 aliphatic heterocycles. The van der Waals surface area contributed by atoms with E-state index in [1.807, 2.05) is 0 Å². The Hall–Kier alpha value is -4.50. The van der Waals surface area contributed by atoms with E-state index in [4.69, 9.17) is 15.2 Å². The van der Waals surface area contributed by atoms with Gasteiger partial charge >= 0.3 is 0 Å². The van der Waals surface area contributed by atoms with Crippen molar-refractivity contribution in [3.05, 3.63) is 88.0 Å². The summed E-state index contributed by atoms with van der Waals surface area (Å²) in [7, 11) is -4.44. The fourth-order valence-corrected chi connectivity index (χ4v) is 11.1. The summed E-state index contributed by atoms with van der Waals surface area (Å²) < 4.78 is 40.1. The van der Waals surface area contributed by atoms with Crippen LogP contribution in [0.2, 0.25) is 0 Å². The highest BCUT2D eigenvalue weighted by molar-refractivity contribution is 7.91. The Labute approximate surface area is 322 Å². The maximum Gasteiger partial charge on any atom is 0.297 e. The number of hydrogen-bond donors (Lipinski definition) is 2. The molecular weight excluding hydrogens is 721 g/mol. The number of piperidine rings is 1. The second-order valence-corrected chi connectivity index (χ2v) is 17.9. The predicted molar refractivity (Wildman–Crippen MR) is 210 cm³/mol. The van der Waals surface area contributed by atoms with Crippen LogP contribution in [0.1, 0.15) is 73.0 Å². The normalized spacial score (nSPS) is 23.0. The number of sulfone groups is 1. The van der Waals surface area contributed by atoms with E-state index < -0.39 is 26.4 Å². The van der Waals surface area contributed by atoms with E-state index >= 15 is 0 Å². The number of carbonyl (C=O) groups excluding carboxylic acids is 1. The van der Waals surface area contributed by atoms with Crippen LogP contribution in [-0.2, 0) is 14.6 Å². The van der Waals surface area contributed by atoms with Gasteiger partial charge in [0, 0.05) is 62.6 Å². The van der Waals surface area contributed by atoms with Crippen LogP contribution in [0.25, 0.3) is 5.57 Å². The number of nitrogens with zero attached hydrogens (tertiary/aromatic N) is 4. The fraction of sp³-hybridized carbons (Fsp3) is 0.488. The molecule has 292 valence electrons. The van der Waals surface area contributed by atoms with Crippen molar-refractivity contribution in [3.8, 4) is 5.75 Å². The highest BCUT2D eigenvalue weighted by Gasteiger charge is 2.50. The number of rotatable bonds is 10. The van der Waals surface area contributed by atoms with Crippen LogP contribution in [0.15, 0.2) is 71.0 Å². The number of allylic oxidation sites excluding steroid dienone is 1. The molecule has 4 fully saturated rings. The van der Waals surface area contributed by atoms with Gasteiger partial charge in [-0.3, -0.25) is 24.7 Å². The minimum Gasteiger partial charge on any atom is -0.489 e. The van der Waals surface area contributed by atoms with E-state index in [9.17, 15) is 23.3 Å². The van der Waals surface area contributed by atoms with Crippen molar-refractivity contribution in [1.29, 1.82) is 0 Å². The SMILES string of the molecule is C=C(C)c1ccccc1[C@@H]1CCCN1C1CC2(CCN(c3ccc(C(N)=O)c(S(=O)(=O)c4cc5c(c([N+](=O)[O-])c4)N[C@@H](CN4CCOCC4)CO5)c3)CC2)C1. The van der Waals surface area contributed by atoms with Crippen LogP contribution in [0.5, 0.6) is 5.75 Å². The number of amides is 1. The Morgan fingerprint density at radius 1 is 1.04 bits per heavy atom. The standard InChI is InChI=1S/C41H50N6O7S/c1-27(2)32-6-3-4-7-33(32)35-8-5-13-46(35)30-23-41(24-30)11-14-45(15-12-41)29-9-10-34(40(42)48)38(20-29)55(51,52)31-21-36(47(49)50)39-37(22-31)54-26-28(43-39)25-44-16-18-53-19-17-44/h3-4,6-7,9-10,20-22,28,30,35,43H,1,5,8,11-19,23-26H2,2H3,(H2,42,48)/t28-,35-/m0/s1. The molecule has 2 atom stereocenters. The largest absolute Gasteiger partial charge is 0.489 e. The van der Waals surface area contributed by atoms with E-state index in [0.29, 0.717) is 37.5 Å². The average molecular weight is 771 g/mol. The van der Waals surface area contributed by atoms with Gasteiger partial charge in [0.25, 0.3) is 5.69 Å². The second-order valence-electron chi connectivity index (χ2n) is 16.0. The summed E-state index contributed by atoms with van der Waals surface area (Å²) in [6.07, 6.45) is 6.61. The van der Waals surface area contributed by atoms with Gasteiger partial charge < -0.3 is 25.4 Å². The van der Waals surface area contributed by atoms with Gasteiger partial charge in [0.1, 0.15) is 6.61 Å². The van der Waals surface area contributed by atoms with E-state index in [0.717, 1.165) is 76.5 Å². The molecule has 1 amide bonds. The van der Waals surface area contributed by atoms with Gasteiger partial charge in [0.15, 0.2) is 11.4 Å². The number of benzene rings is 3. The van der Waals surface area contributed by atoms with E-state index in [1.165, 1.54) is 35.7 Å². The van der Waals surface area contributed by atoms with Crippen LogP contribution in [0.4, 0.5) is 17.1 Å². The lowest BCUT2D eigenvalue weighted by atomic mass is 9.59. The summed E-state index contributed by atoms with van der Waals surface area (Å²) in [5.74, 6) is -0.825. The maximum atomic E-state index is 14.3. The zero-order valence-electron chi connectivity index (χ0n) is 31.4. The molecule has 1 aliphatic carbocycles. The van der Waals surface area contributed by atoms with Gasteiger partial charge in [-0.05, 0) is 86.7 Å². The Morgan fingerprint density at radius 2 is 1.78 bits per heavy atom. The quantitative estimate of drug-likeness (QED) is 0.194. The zero-order valence-corrected chi connectivity index (χ0v) is 32.2. The van der Waals surface area contributed by atoms with Crippen molar-refractivity contribution in [1.82, 2.24) is 9.80 Å². The molecule has 0 radical (unpaired) electrons. The summed E-state index contributed by atoms with van der Waals surface area (Å²) in [4.78, 5) is 30.8. The van der Waals surface area contributed by atoms with E-state index in [2.05, 4.69) is 57.8 Å². The third-order valence-electron chi connectivity index (χ3n) is 12.5. The topological polar surface area (TPSA) is 161 Å². The van der Waals surface area contributed by atoms with E-state index in [1.54, 1.807) is 6.07 Å². The van der Waals surface area contributed by atoms with Gasteiger partial charge in [-0.2, -0.15) is 0 Å². The molecule has 55 heavy (non-hydrogen) atoms. The van der Waals surface area contributed by atoms with Gasteiger partial charge in [-0.25, -0.2) is 8.42 Å². The number of likely N-dealkylation sites (tertiary alicyclic amines) is 1. The monoisotopic (exact) mass is 770 g/mol. The molecule has 1 saturated carbocycles. The Balaban J connectivity index is 0.981. The van der Waals surface area contributed by atoms with Crippen LogP contribution < -0.4 is 20.7 Å². The molecule has 0 aromatic heterocycles. The first-order valence-corrected chi connectivity index (χ1v) is 20.9. The highest BCUT2D eigenvalue weighted by atomic mass is 32.2. The minimum atomic E-state index is -4.44. The lowest BCUT2D eigenvalue weighted by molar-refractivity contribution is -0.384. The van der Waals surface area contributed by atoms with Crippen molar-refractivity contribution >= 4 is 38.4 Å². The number of nitrogens with two attached hydrogens (primary N) is 1. The molecule has 4 heterocycles. The predicted octanol–water partition coefficient (Wildman–Crippen LogP) is 5.65. The van der Waals surface area contributed by atoms with Gasteiger partial charge in [-0.15, -0.1) is 0 Å². The fourth-order valence-electron chi connectivity index (χ4n) is 9.58. The number of morpholine rings is 1. The molecule has 3 aromatic rings. The molecule has 3 N–H and O–H groups in total. The van der Waals surface area contributed by atoms with Crippen LogP contribution in [0, 0.1) is 15.5 Å². The van der Waals surface area contributed by atoms with Crippen molar-refractivity contribution in [3.63, 3.8) is 0 Å². The van der Waals surface area contributed by atoms with Gasteiger partial charge in [-0.1, -0.05) is 36.4 Å². The number of nitro groups is 1. The Kier molecular flexibility index (Phi) is 10.1. The number of hydrogen-bond acceptors (Lipinski definition) is 11. The first-order valence-electron chi connectivity index (χ1n) is 19.4. The second kappa shape index (κ2) is 14.9. The molecule has 13 nitrogen and oxygen atoms in total. The Morgan fingerprint density at radius 3 is 2.49 bits per heavy atom. The number of fused-ring (bicyclic) bond motifs is 1. The first-order chi connectivity index (χ1) is 26.4. The molecule has 14 heteroatoms. The smallest absolute Gasteiger partial charge is 0.297 e. The van der Waals surface area contributed by atoms with Crippen molar-refractivity contribution in [2.75, 3.05) is 69.3 Å². The lowest BCUT2D eigenvalue weighted by Gasteiger charge is -2.56. The summed E-state index contributed by atoms with van der Waals surface area (Å²) >= 11 is 0. The first kappa shape index (κ1) is 37.4. The number of nitro benzene ring substituents is 1. The summed E-state index contributed by atoms with van der Waals surface area (Å²) in [6, 6.07) is 16.4. The number of primary amides is 1. The highest BCUT2D eigenvalue weighted by Crippen LogP contribution is 2.54. The molecule has 3 saturated heterocycles. The molecule has 0 bridgehead atoms. The third kappa shape index (κ3) is 7.21. The molecule has 5 aliphatic rings. The average Bonchev–Trinajstić information content (AvgIpc) is 3.66. The summed E-state index contributed by atoms with van der Waals surface area (Å²) in [5, 5.41) is 15.5. The molecule has 1 spiro atoms. The number of ether oxygens (including phenoxy) is 2. The van der Waals surface area contributed by atoms with Crippen LogP contribution in [-0.4, -0.2) is 100 Å². The van der Waals surface area contributed by atoms with Crippen LogP contribution >= 0.6 is 0 Å². The zero-order chi connectivity index (χ0) is 38.5. The lowest BCUT2D eigenvalue weighted by Crippen LogP contribution is -2.54. The number of anilines is 2. The number of nitrogens with one attached hydrogen (secondary N) is 1. The van der Waals surface area contributed by atoms with Crippen LogP contribution in [0.3, 0.4) is 0 Å². The van der Waals surface area contributed by atoms with Crippen molar-refractivity contribution in [2.24, 2.45) is 11.1 Å². The molecule has 3 aromatic carbocycles. The summed E-state index contributed by atoms with van der Waals surface area (Å²) in [5.41, 5.74) is 9.93. The van der Waals surface area contributed by atoms with Crippen molar-refractivity contribution in [2.45, 2.75) is 73.4 Å². The Bertz CT molecular complexity index is 2100.